The summed E-state index contributed by atoms with van der Waals surface area (Å²) in [6, 6.07) is 18.4. The van der Waals surface area contributed by atoms with Crippen molar-refractivity contribution in [3.05, 3.63) is 65.5 Å². The average Bonchev–Trinajstić information content (AvgIpc) is 3.37. The molecular weight excluding hydrogens is 376 g/mol. The van der Waals surface area contributed by atoms with E-state index in [1.807, 2.05) is 36.6 Å². The van der Waals surface area contributed by atoms with Crippen molar-refractivity contribution in [1.82, 2.24) is 20.5 Å². The quantitative estimate of drug-likeness (QED) is 0.467. The number of fused-ring (bicyclic) bond motifs is 1. The smallest absolute Gasteiger partial charge is 0.230 e. The number of aromatic amines is 1. The van der Waals surface area contributed by atoms with Gasteiger partial charge in [0, 0.05) is 0 Å². The molecule has 0 aliphatic heterocycles. The van der Waals surface area contributed by atoms with Gasteiger partial charge in [-0.25, -0.2) is 4.98 Å². The van der Waals surface area contributed by atoms with Crippen LogP contribution in [0.15, 0.2) is 65.1 Å². The Kier molecular flexibility index (Phi) is 5.22. The van der Waals surface area contributed by atoms with Crippen molar-refractivity contribution in [2.75, 3.05) is 5.75 Å². The zero-order valence-corrected chi connectivity index (χ0v) is 16.3. The van der Waals surface area contributed by atoms with E-state index in [-0.39, 0.29) is 17.7 Å². The summed E-state index contributed by atoms with van der Waals surface area (Å²) in [5, 5.41) is 15.1. The van der Waals surface area contributed by atoms with Crippen LogP contribution >= 0.6 is 23.1 Å². The van der Waals surface area contributed by atoms with Gasteiger partial charge in [-0.15, -0.1) is 16.4 Å². The SMILES string of the molecule is CC(NC(=O)CSc1n[nH]c(-c2cccs2)n1)c1ccc2ccccc2c1. The van der Waals surface area contributed by atoms with Gasteiger partial charge in [0.15, 0.2) is 5.82 Å². The molecule has 0 fully saturated rings. The number of aromatic nitrogens is 3. The van der Waals surface area contributed by atoms with Crippen molar-refractivity contribution in [2.24, 2.45) is 0 Å². The van der Waals surface area contributed by atoms with Crippen LogP contribution < -0.4 is 5.32 Å². The third-order valence-electron chi connectivity index (χ3n) is 4.20. The van der Waals surface area contributed by atoms with Gasteiger partial charge in [-0.3, -0.25) is 9.89 Å². The van der Waals surface area contributed by atoms with E-state index >= 15 is 0 Å². The van der Waals surface area contributed by atoms with Crippen molar-refractivity contribution >= 4 is 39.8 Å². The molecule has 2 heterocycles. The lowest BCUT2D eigenvalue weighted by atomic mass is 10.0. The van der Waals surface area contributed by atoms with Crippen LogP contribution in [0.25, 0.3) is 21.5 Å². The molecule has 0 saturated carbocycles. The van der Waals surface area contributed by atoms with Gasteiger partial charge in [0.25, 0.3) is 0 Å². The van der Waals surface area contributed by atoms with E-state index in [9.17, 15) is 4.79 Å². The second kappa shape index (κ2) is 7.94. The first kappa shape index (κ1) is 17.8. The number of carbonyl (C=O) groups excluding carboxylic acids is 1. The summed E-state index contributed by atoms with van der Waals surface area (Å²) in [4.78, 5) is 17.8. The number of nitrogens with one attached hydrogen (secondary N) is 2. The molecule has 0 radical (unpaired) electrons. The predicted octanol–water partition coefficient (Wildman–Crippen LogP) is 4.66. The van der Waals surface area contributed by atoms with E-state index in [0.29, 0.717) is 5.16 Å². The number of benzene rings is 2. The van der Waals surface area contributed by atoms with Crippen molar-refractivity contribution in [3.8, 4) is 10.7 Å². The van der Waals surface area contributed by atoms with Gasteiger partial charge in [0.2, 0.25) is 11.1 Å². The molecule has 1 amide bonds. The minimum absolute atomic E-state index is 0.0388. The van der Waals surface area contributed by atoms with Gasteiger partial charge < -0.3 is 5.32 Å². The first-order valence-electron chi connectivity index (χ1n) is 8.56. The fourth-order valence-electron chi connectivity index (χ4n) is 2.81. The molecule has 0 aliphatic rings. The van der Waals surface area contributed by atoms with Crippen molar-refractivity contribution in [1.29, 1.82) is 0 Å². The predicted molar refractivity (Wildman–Crippen MR) is 111 cm³/mol. The Morgan fingerprint density at radius 1 is 1.19 bits per heavy atom. The van der Waals surface area contributed by atoms with Crippen molar-refractivity contribution < 1.29 is 4.79 Å². The second-order valence-corrected chi connectivity index (χ2v) is 8.02. The lowest BCUT2D eigenvalue weighted by molar-refractivity contribution is -0.119. The Morgan fingerprint density at radius 3 is 2.85 bits per heavy atom. The van der Waals surface area contributed by atoms with Gasteiger partial charge in [0.05, 0.1) is 16.7 Å². The Balaban J connectivity index is 1.34. The zero-order valence-electron chi connectivity index (χ0n) is 14.7. The number of rotatable bonds is 6. The maximum Gasteiger partial charge on any atom is 0.230 e. The molecule has 0 aliphatic carbocycles. The van der Waals surface area contributed by atoms with Gasteiger partial charge in [-0.1, -0.05) is 54.2 Å². The van der Waals surface area contributed by atoms with Crippen LogP contribution in [-0.4, -0.2) is 26.8 Å². The first-order chi connectivity index (χ1) is 13.2. The number of hydrogen-bond acceptors (Lipinski definition) is 5. The largest absolute Gasteiger partial charge is 0.349 e. The van der Waals surface area contributed by atoms with E-state index in [1.165, 1.54) is 22.5 Å². The van der Waals surface area contributed by atoms with Crippen LogP contribution in [0.2, 0.25) is 0 Å². The minimum atomic E-state index is -0.0588. The Labute approximate surface area is 165 Å². The highest BCUT2D eigenvalue weighted by atomic mass is 32.2. The highest BCUT2D eigenvalue weighted by Crippen LogP contribution is 2.24. The normalized spacial score (nSPS) is 12.2. The summed E-state index contributed by atoms with van der Waals surface area (Å²) in [6.07, 6.45) is 0. The number of carbonyl (C=O) groups is 1. The van der Waals surface area contributed by atoms with E-state index in [2.05, 4.69) is 50.8 Å². The van der Waals surface area contributed by atoms with Gasteiger partial charge in [-0.05, 0) is 40.8 Å². The van der Waals surface area contributed by atoms with E-state index in [4.69, 9.17) is 0 Å². The molecule has 7 heteroatoms. The van der Waals surface area contributed by atoms with Crippen molar-refractivity contribution in [2.45, 2.75) is 18.1 Å². The second-order valence-electron chi connectivity index (χ2n) is 6.13. The molecule has 4 rings (SSSR count). The fourth-order valence-corrected chi connectivity index (χ4v) is 4.08. The van der Waals surface area contributed by atoms with Crippen LogP contribution in [0.1, 0.15) is 18.5 Å². The zero-order chi connectivity index (χ0) is 18.6. The highest BCUT2D eigenvalue weighted by molar-refractivity contribution is 7.99. The summed E-state index contributed by atoms with van der Waals surface area (Å²) in [7, 11) is 0. The lowest BCUT2D eigenvalue weighted by Gasteiger charge is -2.14. The van der Waals surface area contributed by atoms with Crippen LogP contribution in [-0.2, 0) is 4.79 Å². The monoisotopic (exact) mass is 394 g/mol. The van der Waals surface area contributed by atoms with Crippen LogP contribution in [0.4, 0.5) is 0 Å². The molecule has 4 aromatic rings. The van der Waals surface area contributed by atoms with E-state index < -0.39 is 0 Å². The number of thioether (sulfide) groups is 1. The molecule has 2 aromatic heterocycles. The maximum absolute atomic E-state index is 12.3. The molecule has 0 spiro atoms. The number of H-pyrrole nitrogens is 1. The maximum atomic E-state index is 12.3. The van der Waals surface area contributed by atoms with Gasteiger partial charge >= 0.3 is 0 Å². The summed E-state index contributed by atoms with van der Waals surface area (Å²) < 4.78 is 0. The number of thiophene rings is 1. The van der Waals surface area contributed by atoms with Crippen LogP contribution in [0, 0.1) is 0 Å². The number of hydrogen-bond donors (Lipinski definition) is 2. The molecule has 1 atom stereocenters. The molecule has 136 valence electrons. The van der Waals surface area contributed by atoms with Gasteiger partial charge in [-0.2, -0.15) is 0 Å². The number of amides is 1. The molecule has 0 saturated heterocycles. The molecule has 2 aromatic carbocycles. The van der Waals surface area contributed by atoms with Crippen molar-refractivity contribution in [3.63, 3.8) is 0 Å². The summed E-state index contributed by atoms with van der Waals surface area (Å²) in [5.41, 5.74) is 1.09. The lowest BCUT2D eigenvalue weighted by Crippen LogP contribution is -2.28. The molecule has 1 unspecified atom stereocenters. The topological polar surface area (TPSA) is 70.7 Å². The summed E-state index contributed by atoms with van der Waals surface area (Å²) >= 11 is 2.92. The minimum Gasteiger partial charge on any atom is -0.349 e. The molecular formula is C20H18N4OS2. The van der Waals surface area contributed by atoms with E-state index in [0.717, 1.165) is 16.3 Å². The molecule has 0 bridgehead atoms. The van der Waals surface area contributed by atoms with Gasteiger partial charge in [0.1, 0.15) is 0 Å². The molecule has 5 nitrogen and oxygen atoms in total. The van der Waals surface area contributed by atoms with E-state index in [1.54, 1.807) is 11.3 Å². The Hall–Kier alpha value is -2.64. The Bertz CT molecular complexity index is 1060. The van der Waals surface area contributed by atoms with Crippen LogP contribution in [0.3, 0.4) is 0 Å². The third-order valence-corrected chi connectivity index (χ3v) is 5.93. The first-order valence-corrected chi connectivity index (χ1v) is 10.4. The van der Waals surface area contributed by atoms with Crippen LogP contribution in [0.5, 0.6) is 0 Å². The summed E-state index contributed by atoms with van der Waals surface area (Å²) in [6.45, 7) is 1.99. The fraction of sp³-hybridized carbons (Fsp3) is 0.150. The molecule has 2 N–H and O–H groups in total. The summed E-state index contributed by atoms with van der Waals surface area (Å²) in [5.74, 6) is 0.972. The average molecular weight is 395 g/mol. The standard InChI is InChI=1S/C20H18N4OS2/c1-13(15-9-8-14-5-2-3-6-16(14)11-15)21-18(25)12-27-20-22-19(23-24-20)17-7-4-10-26-17/h2-11,13H,12H2,1H3,(H,21,25)(H,22,23,24). The highest BCUT2D eigenvalue weighted by Gasteiger charge is 2.13. The third kappa shape index (κ3) is 4.20. The Morgan fingerprint density at radius 2 is 2.04 bits per heavy atom. The molecule has 27 heavy (non-hydrogen) atoms. The number of nitrogens with zero attached hydrogens (tertiary/aromatic N) is 2.